The predicted molar refractivity (Wildman–Crippen MR) is 80.1 cm³/mol. The summed E-state index contributed by atoms with van der Waals surface area (Å²) in [5, 5.41) is 2.60. The lowest BCUT2D eigenvalue weighted by molar-refractivity contribution is 0.102. The summed E-state index contributed by atoms with van der Waals surface area (Å²) < 4.78 is 20.1. The van der Waals surface area contributed by atoms with Gasteiger partial charge in [-0.15, -0.1) is 0 Å². The molecule has 1 amide bonds. The standard InChI is InChI=1S/C15H12FN5O2/c1-23-13-3-2-10(6-12(13)16)14(22)20-11-7-18-15(19-8-11)21-5-4-17-9-21/h2-9H,1H3,(H,20,22). The number of aromatic nitrogens is 4. The first kappa shape index (κ1) is 14.6. The Kier molecular flexibility index (Phi) is 3.96. The molecule has 0 unspecified atom stereocenters. The van der Waals surface area contributed by atoms with Crippen LogP contribution in [0, 0.1) is 5.82 Å². The average Bonchev–Trinajstić information content (AvgIpc) is 3.10. The van der Waals surface area contributed by atoms with E-state index in [-0.39, 0.29) is 11.3 Å². The average molecular weight is 313 g/mol. The molecule has 116 valence electrons. The van der Waals surface area contributed by atoms with E-state index >= 15 is 0 Å². The van der Waals surface area contributed by atoms with Crippen LogP contribution in [0.3, 0.4) is 0 Å². The van der Waals surface area contributed by atoms with Gasteiger partial charge in [-0.1, -0.05) is 0 Å². The number of carbonyl (C=O) groups is 1. The minimum Gasteiger partial charge on any atom is -0.494 e. The molecule has 1 N–H and O–H groups in total. The number of rotatable bonds is 4. The molecule has 8 heteroatoms. The lowest BCUT2D eigenvalue weighted by atomic mass is 10.2. The number of ether oxygens (including phenoxy) is 1. The third kappa shape index (κ3) is 3.15. The number of hydrogen-bond acceptors (Lipinski definition) is 5. The van der Waals surface area contributed by atoms with Crippen LogP contribution < -0.4 is 10.1 Å². The number of hydrogen-bond donors (Lipinski definition) is 1. The van der Waals surface area contributed by atoms with Gasteiger partial charge in [0.15, 0.2) is 11.6 Å². The number of halogens is 1. The van der Waals surface area contributed by atoms with Gasteiger partial charge < -0.3 is 10.1 Å². The fourth-order valence-corrected chi connectivity index (χ4v) is 1.91. The Morgan fingerprint density at radius 1 is 1.30 bits per heavy atom. The summed E-state index contributed by atoms with van der Waals surface area (Å²) in [5.74, 6) is -0.567. The number of nitrogens with one attached hydrogen (secondary N) is 1. The van der Waals surface area contributed by atoms with Crippen molar-refractivity contribution in [3.63, 3.8) is 0 Å². The van der Waals surface area contributed by atoms with Crippen LogP contribution in [0.5, 0.6) is 5.75 Å². The zero-order chi connectivity index (χ0) is 16.2. The largest absolute Gasteiger partial charge is 0.494 e. The molecule has 0 radical (unpaired) electrons. The second-order valence-corrected chi connectivity index (χ2v) is 4.55. The van der Waals surface area contributed by atoms with Gasteiger partial charge in [0, 0.05) is 18.0 Å². The summed E-state index contributed by atoms with van der Waals surface area (Å²) in [6.07, 6.45) is 7.79. The molecule has 1 aromatic carbocycles. The third-order valence-corrected chi connectivity index (χ3v) is 3.05. The van der Waals surface area contributed by atoms with Crippen molar-refractivity contribution in [2.45, 2.75) is 0 Å². The highest BCUT2D eigenvalue weighted by molar-refractivity contribution is 6.04. The van der Waals surface area contributed by atoms with Crippen LogP contribution in [0.25, 0.3) is 5.95 Å². The quantitative estimate of drug-likeness (QED) is 0.797. The van der Waals surface area contributed by atoms with E-state index in [1.807, 2.05) is 0 Å². The molecule has 2 heterocycles. The molecule has 0 spiro atoms. The summed E-state index contributed by atoms with van der Waals surface area (Å²) in [6.45, 7) is 0. The maximum absolute atomic E-state index is 13.6. The fourth-order valence-electron chi connectivity index (χ4n) is 1.91. The molecule has 23 heavy (non-hydrogen) atoms. The van der Waals surface area contributed by atoms with Gasteiger partial charge in [0.25, 0.3) is 5.91 Å². The number of benzene rings is 1. The van der Waals surface area contributed by atoms with Crippen molar-refractivity contribution in [1.29, 1.82) is 0 Å². The van der Waals surface area contributed by atoms with Crippen molar-refractivity contribution < 1.29 is 13.9 Å². The smallest absolute Gasteiger partial charge is 0.255 e. The molecule has 7 nitrogen and oxygen atoms in total. The molecular weight excluding hydrogens is 301 g/mol. The van der Waals surface area contributed by atoms with Gasteiger partial charge in [-0.3, -0.25) is 9.36 Å². The normalized spacial score (nSPS) is 10.3. The number of anilines is 1. The number of carbonyl (C=O) groups excluding carboxylic acids is 1. The first-order valence-electron chi connectivity index (χ1n) is 6.62. The molecule has 0 fully saturated rings. The van der Waals surface area contributed by atoms with Gasteiger partial charge in [-0.25, -0.2) is 19.3 Å². The van der Waals surface area contributed by atoms with E-state index in [0.717, 1.165) is 6.07 Å². The lowest BCUT2D eigenvalue weighted by Gasteiger charge is -2.07. The topological polar surface area (TPSA) is 81.9 Å². The monoisotopic (exact) mass is 313 g/mol. The molecule has 0 saturated carbocycles. The van der Waals surface area contributed by atoms with Gasteiger partial charge in [0.05, 0.1) is 25.2 Å². The third-order valence-electron chi connectivity index (χ3n) is 3.05. The lowest BCUT2D eigenvalue weighted by Crippen LogP contribution is -2.13. The minimum absolute atomic E-state index is 0.0783. The molecular formula is C15H12FN5O2. The Labute approximate surface area is 130 Å². The van der Waals surface area contributed by atoms with Crippen LogP contribution in [0.1, 0.15) is 10.4 Å². The fraction of sp³-hybridized carbons (Fsp3) is 0.0667. The van der Waals surface area contributed by atoms with Crippen LogP contribution in [-0.4, -0.2) is 32.5 Å². The predicted octanol–water partition coefficient (Wildman–Crippen LogP) is 2.06. The Bertz CT molecular complexity index is 818. The highest BCUT2D eigenvalue weighted by atomic mass is 19.1. The maximum atomic E-state index is 13.6. The van der Waals surface area contributed by atoms with Gasteiger partial charge in [-0.05, 0) is 18.2 Å². The Morgan fingerprint density at radius 3 is 2.70 bits per heavy atom. The molecule has 2 aromatic heterocycles. The van der Waals surface area contributed by atoms with Crippen molar-refractivity contribution in [1.82, 2.24) is 19.5 Å². The zero-order valence-corrected chi connectivity index (χ0v) is 12.1. The van der Waals surface area contributed by atoms with Crippen LogP contribution >= 0.6 is 0 Å². The minimum atomic E-state index is -0.605. The van der Waals surface area contributed by atoms with Crippen LogP contribution in [0.4, 0.5) is 10.1 Å². The Balaban J connectivity index is 1.74. The molecule has 3 aromatic rings. The first-order chi connectivity index (χ1) is 11.2. The van der Waals surface area contributed by atoms with Crippen molar-refractivity contribution in [2.75, 3.05) is 12.4 Å². The second kappa shape index (κ2) is 6.22. The number of imidazole rings is 1. The highest BCUT2D eigenvalue weighted by Crippen LogP contribution is 2.18. The van der Waals surface area contributed by atoms with E-state index in [9.17, 15) is 9.18 Å². The van der Waals surface area contributed by atoms with Crippen LogP contribution in [-0.2, 0) is 0 Å². The first-order valence-corrected chi connectivity index (χ1v) is 6.62. The SMILES string of the molecule is COc1ccc(C(=O)Nc2cnc(-n3ccnc3)nc2)cc1F. The summed E-state index contributed by atoms with van der Waals surface area (Å²) in [5.41, 5.74) is 0.567. The van der Waals surface area contributed by atoms with Crippen molar-refractivity contribution >= 4 is 11.6 Å². The van der Waals surface area contributed by atoms with Crippen LogP contribution in [0.15, 0.2) is 49.3 Å². The van der Waals surface area contributed by atoms with Gasteiger partial charge >= 0.3 is 0 Å². The summed E-state index contributed by atoms with van der Waals surface area (Å²) >= 11 is 0. The zero-order valence-electron chi connectivity index (χ0n) is 12.1. The van der Waals surface area contributed by atoms with E-state index in [1.165, 1.54) is 31.6 Å². The molecule has 3 rings (SSSR count). The van der Waals surface area contributed by atoms with E-state index in [4.69, 9.17) is 4.74 Å². The summed E-state index contributed by atoms with van der Waals surface area (Å²) in [7, 11) is 1.36. The van der Waals surface area contributed by atoms with Crippen molar-refractivity contribution in [2.24, 2.45) is 0 Å². The Morgan fingerprint density at radius 2 is 2.09 bits per heavy atom. The summed E-state index contributed by atoms with van der Waals surface area (Å²) in [6, 6.07) is 3.97. The summed E-state index contributed by atoms with van der Waals surface area (Å²) in [4.78, 5) is 24.2. The molecule has 0 bridgehead atoms. The molecule has 0 aliphatic carbocycles. The van der Waals surface area contributed by atoms with Crippen molar-refractivity contribution in [3.8, 4) is 11.7 Å². The molecule has 0 atom stereocenters. The molecule has 0 aliphatic heterocycles. The Hall–Kier alpha value is -3.29. The van der Waals surface area contributed by atoms with E-state index in [2.05, 4.69) is 20.3 Å². The number of methoxy groups -OCH3 is 1. The maximum Gasteiger partial charge on any atom is 0.255 e. The van der Waals surface area contributed by atoms with Crippen molar-refractivity contribution in [3.05, 3.63) is 60.7 Å². The highest BCUT2D eigenvalue weighted by Gasteiger charge is 2.11. The van der Waals surface area contributed by atoms with Gasteiger partial charge in [0.2, 0.25) is 5.95 Å². The molecule has 0 saturated heterocycles. The second-order valence-electron chi connectivity index (χ2n) is 4.55. The van der Waals surface area contributed by atoms with Gasteiger partial charge in [-0.2, -0.15) is 0 Å². The molecule has 0 aliphatic rings. The number of nitrogens with zero attached hydrogens (tertiary/aromatic N) is 4. The van der Waals surface area contributed by atoms with E-state index < -0.39 is 11.7 Å². The number of amides is 1. The van der Waals surface area contributed by atoms with Gasteiger partial charge in [0.1, 0.15) is 6.33 Å². The van der Waals surface area contributed by atoms with E-state index in [0.29, 0.717) is 11.6 Å². The van der Waals surface area contributed by atoms with Crippen LogP contribution in [0.2, 0.25) is 0 Å². The van der Waals surface area contributed by atoms with E-state index in [1.54, 1.807) is 23.3 Å².